The zero-order valence-electron chi connectivity index (χ0n) is 14.6. The van der Waals surface area contributed by atoms with Gasteiger partial charge in [0.05, 0.1) is 5.41 Å². The highest BCUT2D eigenvalue weighted by Crippen LogP contribution is 2.49. The lowest BCUT2D eigenvalue weighted by atomic mass is 9.94. The smallest absolute Gasteiger partial charge is 0.231 e. The zero-order chi connectivity index (χ0) is 18.0. The average molecular weight is 355 g/mol. The molecule has 0 spiro atoms. The van der Waals surface area contributed by atoms with Crippen molar-refractivity contribution in [3.8, 4) is 0 Å². The third kappa shape index (κ3) is 3.33. The number of carbonyl (C=O) groups excluding carboxylic acids is 1. The van der Waals surface area contributed by atoms with Crippen LogP contribution < -0.4 is 5.32 Å². The van der Waals surface area contributed by atoms with E-state index in [-0.39, 0.29) is 17.8 Å². The predicted octanol–water partition coefficient (Wildman–Crippen LogP) is 3.21. The van der Waals surface area contributed by atoms with Gasteiger partial charge in [-0.05, 0) is 38.2 Å². The summed E-state index contributed by atoms with van der Waals surface area (Å²) in [7, 11) is 0. The summed E-state index contributed by atoms with van der Waals surface area (Å²) in [4.78, 5) is 21.4. The Morgan fingerprint density at radius 3 is 2.65 bits per heavy atom. The molecular formula is C20H22FN3O2. The van der Waals surface area contributed by atoms with Crippen LogP contribution >= 0.6 is 0 Å². The second kappa shape index (κ2) is 7.11. The molecule has 2 heterocycles. The lowest BCUT2D eigenvalue weighted by molar-refractivity contribution is -0.123. The number of halogens is 1. The number of amides is 1. The minimum atomic E-state index is -0.720. The third-order valence-corrected chi connectivity index (χ3v) is 5.22. The summed E-state index contributed by atoms with van der Waals surface area (Å²) < 4.78 is 19.7. The first kappa shape index (κ1) is 17.1. The first-order valence-electron chi connectivity index (χ1n) is 9.15. The van der Waals surface area contributed by atoms with Gasteiger partial charge in [-0.15, -0.1) is 0 Å². The molecule has 26 heavy (non-hydrogen) atoms. The van der Waals surface area contributed by atoms with Crippen molar-refractivity contribution >= 4 is 5.91 Å². The van der Waals surface area contributed by atoms with Crippen LogP contribution in [0.15, 0.2) is 36.7 Å². The van der Waals surface area contributed by atoms with Gasteiger partial charge < -0.3 is 10.1 Å². The van der Waals surface area contributed by atoms with Crippen molar-refractivity contribution in [1.82, 2.24) is 15.3 Å². The second-order valence-corrected chi connectivity index (χ2v) is 7.05. The molecule has 1 aliphatic heterocycles. The quantitative estimate of drug-likeness (QED) is 0.895. The van der Waals surface area contributed by atoms with Gasteiger partial charge in [0.2, 0.25) is 5.91 Å². The molecule has 1 saturated carbocycles. The van der Waals surface area contributed by atoms with E-state index in [1.54, 1.807) is 30.6 Å². The van der Waals surface area contributed by atoms with Crippen LogP contribution in [0, 0.1) is 5.82 Å². The van der Waals surface area contributed by atoms with Gasteiger partial charge in [-0.3, -0.25) is 4.79 Å². The molecule has 2 aliphatic rings. The summed E-state index contributed by atoms with van der Waals surface area (Å²) in [5, 5.41) is 2.91. The lowest BCUT2D eigenvalue weighted by Gasteiger charge is -2.21. The average Bonchev–Trinajstić information content (AvgIpc) is 3.49. The van der Waals surface area contributed by atoms with E-state index in [0.29, 0.717) is 30.8 Å². The number of benzene rings is 1. The Morgan fingerprint density at radius 2 is 2.00 bits per heavy atom. The fourth-order valence-electron chi connectivity index (χ4n) is 3.51. The van der Waals surface area contributed by atoms with E-state index in [1.807, 2.05) is 0 Å². The molecular weight excluding hydrogens is 333 g/mol. The van der Waals surface area contributed by atoms with Gasteiger partial charge in [0, 0.05) is 36.7 Å². The SMILES string of the molecule is O=C(NCc1cnc([C@@H]2CCCCO2)nc1)C1(c2ccccc2F)CC1. The minimum absolute atomic E-state index is 0.0248. The van der Waals surface area contributed by atoms with Crippen molar-refractivity contribution in [1.29, 1.82) is 0 Å². The summed E-state index contributed by atoms with van der Waals surface area (Å²) in [6, 6.07) is 6.51. The molecule has 1 amide bonds. The van der Waals surface area contributed by atoms with Gasteiger partial charge in [0.1, 0.15) is 11.9 Å². The van der Waals surface area contributed by atoms with Crippen molar-refractivity contribution in [2.75, 3.05) is 6.61 Å². The molecule has 1 N–H and O–H groups in total. The molecule has 1 atom stereocenters. The van der Waals surface area contributed by atoms with E-state index in [9.17, 15) is 9.18 Å². The number of hydrogen-bond acceptors (Lipinski definition) is 4. The molecule has 2 aromatic rings. The Kier molecular flexibility index (Phi) is 4.68. The monoisotopic (exact) mass is 355 g/mol. The summed E-state index contributed by atoms with van der Waals surface area (Å²) in [5.41, 5.74) is 0.586. The molecule has 1 aromatic heterocycles. The van der Waals surface area contributed by atoms with E-state index in [4.69, 9.17) is 4.74 Å². The maximum Gasteiger partial charge on any atom is 0.231 e. The predicted molar refractivity (Wildman–Crippen MR) is 93.7 cm³/mol. The van der Waals surface area contributed by atoms with Gasteiger partial charge in [-0.1, -0.05) is 18.2 Å². The summed E-state index contributed by atoms with van der Waals surface area (Å²) in [6.45, 7) is 1.09. The first-order valence-corrected chi connectivity index (χ1v) is 9.15. The van der Waals surface area contributed by atoms with Crippen LogP contribution in [0.1, 0.15) is 55.2 Å². The Labute approximate surface area is 152 Å². The summed E-state index contributed by atoms with van der Waals surface area (Å²) in [6.07, 6.45) is 7.94. The van der Waals surface area contributed by atoms with E-state index in [0.717, 1.165) is 31.4 Å². The molecule has 1 aromatic carbocycles. The topological polar surface area (TPSA) is 64.1 Å². The van der Waals surface area contributed by atoms with Crippen molar-refractivity contribution < 1.29 is 13.9 Å². The van der Waals surface area contributed by atoms with Crippen LogP contribution in [0.4, 0.5) is 4.39 Å². The van der Waals surface area contributed by atoms with E-state index >= 15 is 0 Å². The number of ether oxygens (including phenoxy) is 1. The number of nitrogens with one attached hydrogen (secondary N) is 1. The Hall–Kier alpha value is -2.34. The lowest BCUT2D eigenvalue weighted by Crippen LogP contribution is -2.35. The van der Waals surface area contributed by atoms with E-state index < -0.39 is 5.41 Å². The van der Waals surface area contributed by atoms with Crippen LogP contribution in [0.25, 0.3) is 0 Å². The van der Waals surface area contributed by atoms with Crippen LogP contribution in [0.3, 0.4) is 0 Å². The van der Waals surface area contributed by atoms with Crippen molar-refractivity contribution in [3.05, 3.63) is 59.4 Å². The largest absolute Gasteiger partial charge is 0.370 e. The van der Waals surface area contributed by atoms with Crippen LogP contribution in [0.5, 0.6) is 0 Å². The first-order chi connectivity index (χ1) is 12.7. The number of rotatable bonds is 5. The van der Waals surface area contributed by atoms with Gasteiger partial charge in [0.25, 0.3) is 0 Å². The number of hydrogen-bond donors (Lipinski definition) is 1. The highest BCUT2D eigenvalue weighted by atomic mass is 19.1. The van der Waals surface area contributed by atoms with Crippen molar-refractivity contribution in [2.45, 2.75) is 50.2 Å². The van der Waals surface area contributed by atoms with Crippen LogP contribution in [-0.2, 0) is 21.5 Å². The van der Waals surface area contributed by atoms with Gasteiger partial charge in [-0.25, -0.2) is 14.4 Å². The molecule has 4 rings (SSSR count). The maximum absolute atomic E-state index is 14.1. The number of aromatic nitrogens is 2. The highest BCUT2D eigenvalue weighted by Gasteiger charge is 2.52. The summed E-state index contributed by atoms with van der Waals surface area (Å²) >= 11 is 0. The van der Waals surface area contributed by atoms with Crippen LogP contribution in [0.2, 0.25) is 0 Å². The standard InChI is InChI=1S/C20H22FN3O2/c21-16-6-2-1-5-15(16)20(8-9-20)19(25)24-13-14-11-22-18(23-12-14)17-7-3-4-10-26-17/h1-2,5-6,11-12,17H,3-4,7-10,13H2,(H,24,25)/t17-/m0/s1. The minimum Gasteiger partial charge on any atom is -0.370 e. The molecule has 0 bridgehead atoms. The van der Waals surface area contributed by atoms with Gasteiger partial charge in [0.15, 0.2) is 5.82 Å². The fourth-order valence-corrected chi connectivity index (χ4v) is 3.51. The van der Waals surface area contributed by atoms with Gasteiger partial charge >= 0.3 is 0 Å². The fraction of sp³-hybridized carbons (Fsp3) is 0.450. The Morgan fingerprint density at radius 1 is 1.23 bits per heavy atom. The van der Waals surface area contributed by atoms with Gasteiger partial charge in [-0.2, -0.15) is 0 Å². The number of nitrogens with zero attached hydrogens (tertiary/aromatic N) is 2. The normalized spacial score (nSPS) is 21.2. The molecule has 5 nitrogen and oxygen atoms in total. The van der Waals surface area contributed by atoms with Crippen molar-refractivity contribution in [2.24, 2.45) is 0 Å². The van der Waals surface area contributed by atoms with E-state index in [2.05, 4.69) is 15.3 Å². The van der Waals surface area contributed by atoms with Crippen LogP contribution in [-0.4, -0.2) is 22.5 Å². The van der Waals surface area contributed by atoms with Crippen molar-refractivity contribution in [3.63, 3.8) is 0 Å². The Bertz CT molecular complexity index is 784. The molecule has 2 fully saturated rings. The summed E-state index contributed by atoms with van der Waals surface area (Å²) in [5.74, 6) is 0.243. The molecule has 0 unspecified atom stereocenters. The molecule has 6 heteroatoms. The molecule has 1 saturated heterocycles. The van der Waals surface area contributed by atoms with E-state index in [1.165, 1.54) is 6.07 Å². The maximum atomic E-state index is 14.1. The number of carbonyl (C=O) groups is 1. The zero-order valence-corrected chi connectivity index (χ0v) is 14.6. The highest BCUT2D eigenvalue weighted by molar-refractivity contribution is 5.91. The molecule has 1 aliphatic carbocycles. The third-order valence-electron chi connectivity index (χ3n) is 5.22. The molecule has 136 valence electrons. The second-order valence-electron chi connectivity index (χ2n) is 7.05. The molecule has 0 radical (unpaired) electrons. The Balaban J connectivity index is 1.38.